The number of unbranched alkanes of at least 4 members (excludes halogenated alkanes) is 13. The maximum absolute atomic E-state index is 11.7. The Labute approximate surface area is 221 Å². The fraction of sp³-hybridized carbons (Fsp3) is 0.963. The van der Waals surface area contributed by atoms with Gasteiger partial charge in [-0.15, -0.1) is 4.89 Å². The summed E-state index contributed by atoms with van der Waals surface area (Å²) < 4.78 is 16.9. The van der Waals surface area contributed by atoms with Crippen molar-refractivity contribution in [1.82, 2.24) is 0 Å². The Morgan fingerprint density at radius 2 is 1.34 bits per heavy atom. The predicted molar refractivity (Wildman–Crippen MR) is 149 cm³/mol. The molecule has 0 aromatic carbocycles. The maximum atomic E-state index is 11.7. The molecule has 0 aromatic rings. The zero-order valence-electron chi connectivity index (χ0n) is 23.0. The first-order valence-electron chi connectivity index (χ1n) is 14.2. The van der Waals surface area contributed by atoms with Crippen LogP contribution < -0.4 is 0 Å². The molecular formula is C27H54O6PS+. The molecule has 0 heterocycles. The van der Waals surface area contributed by atoms with Crippen molar-refractivity contribution >= 4 is 26.2 Å². The lowest BCUT2D eigenvalue weighted by Gasteiger charge is -2.25. The van der Waals surface area contributed by atoms with E-state index in [4.69, 9.17) is 14.5 Å². The van der Waals surface area contributed by atoms with Crippen LogP contribution in [0.5, 0.6) is 0 Å². The number of carbonyl (C=O) groups is 1. The summed E-state index contributed by atoms with van der Waals surface area (Å²) >= 11 is 1.89. The van der Waals surface area contributed by atoms with Crippen LogP contribution in [-0.2, 0) is 23.9 Å². The molecule has 0 radical (unpaired) electrons. The Bertz CT molecular complexity index is 510. The number of aliphatic carboxylic acids is 1. The van der Waals surface area contributed by atoms with Crippen LogP contribution in [0.2, 0.25) is 0 Å². The molecule has 0 aliphatic rings. The third-order valence-electron chi connectivity index (χ3n) is 6.19. The third-order valence-corrected chi connectivity index (χ3v) is 8.47. The fourth-order valence-corrected chi connectivity index (χ4v) is 5.54. The number of hydrogen-bond donors (Lipinski definition) is 1. The van der Waals surface area contributed by atoms with Gasteiger partial charge in [-0.1, -0.05) is 115 Å². The van der Waals surface area contributed by atoms with Crippen molar-refractivity contribution in [3.63, 3.8) is 0 Å². The first-order chi connectivity index (χ1) is 17.0. The van der Waals surface area contributed by atoms with Crippen LogP contribution in [0.15, 0.2) is 0 Å². The molecule has 208 valence electrons. The van der Waals surface area contributed by atoms with Gasteiger partial charge in [-0.2, -0.15) is 11.8 Å². The van der Waals surface area contributed by atoms with E-state index in [1.165, 1.54) is 89.9 Å². The van der Waals surface area contributed by atoms with Crippen molar-refractivity contribution < 1.29 is 29.0 Å². The van der Waals surface area contributed by atoms with Crippen molar-refractivity contribution in [3.05, 3.63) is 0 Å². The highest BCUT2D eigenvalue weighted by Gasteiger charge is 2.54. The summed E-state index contributed by atoms with van der Waals surface area (Å²) in [4.78, 5) is 22.4. The molecule has 0 amide bonds. The minimum absolute atomic E-state index is 0.133. The summed E-state index contributed by atoms with van der Waals surface area (Å²) in [6, 6.07) is 0. The van der Waals surface area contributed by atoms with Crippen LogP contribution in [0.25, 0.3) is 0 Å². The number of carboxylic acids is 1. The lowest BCUT2D eigenvalue weighted by molar-refractivity contribution is -0.402. The molecule has 0 aliphatic heterocycles. The van der Waals surface area contributed by atoms with E-state index in [-0.39, 0.29) is 18.0 Å². The minimum Gasteiger partial charge on any atom is -0.474 e. The van der Waals surface area contributed by atoms with Crippen LogP contribution in [-0.4, -0.2) is 40.3 Å². The van der Waals surface area contributed by atoms with Gasteiger partial charge in [-0.25, -0.2) is 9.68 Å². The average Bonchev–Trinajstić information content (AvgIpc) is 2.85. The second kappa shape index (κ2) is 24.2. The molecular weight excluding hydrogens is 483 g/mol. The third kappa shape index (κ3) is 17.8. The lowest BCUT2D eigenvalue weighted by Crippen LogP contribution is -2.41. The first kappa shape index (κ1) is 34.8. The Balaban J connectivity index is 4.59. The maximum Gasteiger partial charge on any atom is 0.497 e. The average molecular weight is 538 g/mol. The summed E-state index contributed by atoms with van der Waals surface area (Å²) in [5, 5.41) is 9.72. The van der Waals surface area contributed by atoms with Crippen LogP contribution in [0, 0.1) is 0 Å². The molecule has 0 saturated heterocycles. The highest BCUT2D eigenvalue weighted by molar-refractivity contribution is 7.99. The van der Waals surface area contributed by atoms with E-state index < -0.39 is 20.0 Å². The smallest absolute Gasteiger partial charge is 0.474 e. The Morgan fingerprint density at radius 3 is 1.83 bits per heavy atom. The number of ether oxygens (including phenoxy) is 1. The molecule has 0 rings (SSSR count). The number of carboxylic acid groups (broad SMARTS) is 1. The van der Waals surface area contributed by atoms with Crippen LogP contribution >= 0.6 is 20.2 Å². The van der Waals surface area contributed by atoms with Gasteiger partial charge in [-0.3, -0.25) is 4.74 Å². The van der Waals surface area contributed by atoms with Gasteiger partial charge in [0.05, 0.1) is 6.61 Å². The van der Waals surface area contributed by atoms with Crippen LogP contribution in [0.1, 0.15) is 137 Å². The molecule has 0 aliphatic carbocycles. The predicted octanol–water partition coefficient (Wildman–Crippen LogP) is 8.90. The second-order valence-corrected chi connectivity index (χ2v) is 11.8. The molecule has 0 bridgehead atoms. The van der Waals surface area contributed by atoms with E-state index in [9.17, 15) is 14.5 Å². The van der Waals surface area contributed by atoms with Gasteiger partial charge < -0.3 is 5.11 Å². The minimum atomic E-state index is -2.25. The fourth-order valence-electron chi connectivity index (χ4n) is 3.89. The summed E-state index contributed by atoms with van der Waals surface area (Å²) in [6.45, 7) is 8.37. The van der Waals surface area contributed by atoms with Gasteiger partial charge in [0.15, 0.2) is 0 Å². The summed E-state index contributed by atoms with van der Waals surface area (Å²) in [6.07, 6.45) is 20.4. The van der Waals surface area contributed by atoms with Gasteiger partial charge in [-0.05, 0) is 31.9 Å². The Hall–Kier alpha value is -0.200. The first-order valence-corrected chi connectivity index (χ1v) is 16.2. The van der Waals surface area contributed by atoms with Gasteiger partial charge in [0.1, 0.15) is 6.10 Å². The highest BCUT2D eigenvalue weighted by Crippen LogP contribution is 2.31. The van der Waals surface area contributed by atoms with Crippen LogP contribution in [0.3, 0.4) is 0 Å². The van der Waals surface area contributed by atoms with Gasteiger partial charge >= 0.3 is 20.0 Å². The largest absolute Gasteiger partial charge is 0.497 e. The quantitative estimate of drug-likeness (QED) is 0.0368. The van der Waals surface area contributed by atoms with E-state index in [0.717, 1.165) is 18.6 Å². The molecule has 1 N–H and O–H groups in total. The SMILES string of the molecule is CCCCCCCCCCCSC(CCCCCCCC)C(C)OOC(OCCC)([PH+]=O)C(=O)O. The zero-order chi connectivity index (χ0) is 26.2. The monoisotopic (exact) mass is 537 g/mol. The molecule has 0 fully saturated rings. The standard InChI is InChI=1S/C27H53O6PS/c1-5-8-10-12-14-15-16-18-20-23-35-25(21-19-17-13-11-9-6-2)24(4)32-33-27(34-30,26(28)29)31-22-7-3/h24-25H,5-23H2,1-4H3,(H,28,29)/p+1. The second-order valence-electron chi connectivity index (χ2n) is 9.55. The number of rotatable bonds is 27. The van der Waals surface area contributed by atoms with Crippen LogP contribution in [0.4, 0.5) is 0 Å². The molecule has 6 nitrogen and oxygen atoms in total. The number of thioether (sulfide) groups is 1. The van der Waals surface area contributed by atoms with Crippen molar-refractivity contribution in [1.29, 1.82) is 0 Å². The van der Waals surface area contributed by atoms with Gasteiger partial charge in [0.25, 0.3) is 0 Å². The topological polar surface area (TPSA) is 82.1 Å². The van der Waals surface area contributed by atoms with Gasteiger partial charge in [0, 0.05) is 5.25 Å². The summed E-state index contributed by atoms with van der Waals surface area (Å²) in [7, 11) is -1.32. The van der Waals surface area contributed by atoms with E-state index in [1.807, 2.05) is 25.6 Å². The Kier molecular flexibility index (Phi) is 24.0. The Morgan fingerprint density at radius 1 is 0.829 bits per heavy atom. The lowest BCUT2D eigenvalue weighted by atomic mass is 10.1. The molecule has 0 spiro atoms. The molecule has 4 unspecified atom stereocenters. The van der Waals surface area contributed by atoms with Crippen molar-refractivity contribution in [2.24, 2.45) is 0 Å². The van der Waals surface area contributed by atoms with Gasteiger partial charge in [0.2, 0.25) is 0 Å². The molecule has 0 aromatic heterocycles. The highest BCUT2D eigenvalue weighted by atomic mass is 32.2. The number of hydrogen-bond acceptors (Lipinski definition) is 6. The van der Waals surface area contributed by atoms with E-state index in [1.54, 1.807) is 0 Å². The normalized spacial score (nSPS) is 15.2. The molecule has 8 heteroatoms. The van der Waals surface area contributed by atoms with E-state index in [0.29, 0.717) is 6.42 Å². The molecule has 4 atom stereocenters. The van der Waals surface area contributed by atoms with Crippen molar-refractivity contribution in [2.75, 3.05) is 12.4 Å². The molecule has 35 heavy (non-hydrogen) atoms. The van der Waals surface area contributed by atoms with Crippen molar-refractivity contribution in [3.8, 4) is 0 Å². The van der Waals surface area contributed by atoms with E-state index in [2.05, 4.69) is 13.8 Å². The summed E-state index contributed by atoms with van der Waals surface area (Å²) in [5.41, 5.74) is -2.25. The zero-order valence-corrected chi connectivity index (χ0v) is 24.8. The summed E-state index contributed by atoms with van der Waals surface area (Å²) in [5.74, 6) is -0.370. The van der Waals surface area contributed by atoms with Crippen molar-refractivity contribution in [2.45, 2.75) is 154 Å². The molecule has 0 saturated carbocycles. The van der Waals surface area contributed by atoms with E-state index >= 15 is 0 Å².